The summed E-state index contributed by atoms with van der Waals surface area (Å²) in [5.74, 6) is 2.38. The summed E-state index contributed by atoms with van der Waals surface area (Å²) in [7, 11) is 1.55. The van der Waals surface area contributed by atoms with Gasteiger partial charge < -0.3 is 11.1 Å². The zero-order chi connectivity index (χ0) is 29.8. The maximum absolute atomic E-state index is 14.3. The van der Waals surface area contributed by atoms with E-state index >= 15 is 0 Å². The number of amides is 1. The number of alkyl halides is 3. The summed E-state index contributed by atoms with van der Waals surface area (Å²) in [6, 6.07) is 2.51. The minimum Gasteiger partial charge on any atom is -0.405 e. The van der Waals surface area contributed by atoms with Crippen molar-refractivity contribution in [2.45, 2.75) is 64.0 Å². The van der Waals surface area contributed by atoms with Crippen LogP contribution in [0.5, 0.6) is 0 Å². The van der Waals surface area contributed by atoms with Crippen molar-refractivity contribution in [3.05, 3.63) is 66.4 Å². The lowest BCUT2D eigenvalue weighted by molar-refractivity contribution is -0.183. The Balaban J connectivity index is 0.000000652. The highest BCUT2D eigenvalue weighted by Crippen LogP contribution is 2.48. The number of nitrogens with two attached hydrogens (primary N) is 1. The number of carbonyl (C=O) groups is 1. The van der Waals surface area contributed by atoms with Crippen LogP contribution in [0, 0.1) is 19.3 Å². The number of carbonyl (C=O) groups excluding carboxylic acids is 1. The fourth-order valence-corrected chi connectivity index (χ4v) is 5.97. The molecule has 214 valence electrons. The van der Waals surface area contributed by atoms with E-state index in [4.69, 9.17) is 41.2 Å². The van der Waals surface area contributed by atoms with Gasteiger partial charge in [-0.3, -0.25) is 9.79 Å². The van der Waals surface area contributed by atoms with Gasteiger partial charge in [0.1, 0.15) is 0 Å². The number of nitrogens with one attached hydrogen (secondary N) is 1. The molecule has 0 radical (unpaired) electrons. The number of halogens is 6. The number of hydrogen-bond acceptors (Lipinski definition) is 4. The first kappa shape index (κ1) is 34.8. The van der Waals surface area contributed by atoms with Crippen LogP contribution in [-0.2, 0) is 23.1 Å². The Labute approximate surface area is 247 Å². The molecule has 39 heavy (non-hydrogen) atoms. The number of terminal acetylenes is 1. The Morgan fingerprint density at radius 1 is 1.23 bits per heavy atom. The summed E-state index contributed by atoms with van der Waals surface area (Å²) in [5, 5.41) is 2.48. The summed E-state index contributed by atoms with van der Waals surface area (Å²) in [4.78, 5) is 15.8. The van der Waals surface area contributed by atoms with E-state index in [0.29, 0.717) is 25.1 Å². The third-order valence-corrected chi connectivity index (χ3v) is 8.65. The Morgan fingerprint density at radius 2 is 1.77 bits per heavy atom. The first-order valence-electron chi connectivity index (χ1n) is 12.0. The third-order valence-electron chi connectivity index (χ3n) is 6.22. The van der Waals surface area contributed by atoms with Crippen LogP contribution < -0.4 is 11.1 Å². The highest BCUT2D eigenvalue weighted by Gasteiger charge is 2.53. The number of hydrogen-bond donors (Lipinski definition) is 2. The van der Waals surface area contributed by atoms with Gasteiger partial charge in [0.25, 0.3) is 0 Å². The van der Waals surface area contributed by atoms with Crippen molar-refractivity contribution in [2.75, 3.05) is 13.6 Å². The van der Waals surface area contributed by atoms with E-state index in [-0.39, 0.29) is 27.1 Å². The lowest BCUT2D eigenvalue weighted by Crippen LogP contribution is -2.41. The molecule has 0 spiro atoms. The van der Waals surface area contributed by atoms with Crippen LogP contribution >= 0.6 is 46.1 Å². The van der Waals surface area contributed by atoms with Crippen LogP contribution in [0.15, 0.2) is 29.9 Å². The van der Waals surface area contributed by atoms with E-state index in [2.05, 4.69) is 28.5 Å². The van der Waals surface area contributed by atoms with E-state index in [1.807, 2.05) is 6.92 Å². The smallest absolute Gasteiger partial charge is 0.398 e. The zero-order valence-electron chi connectivity index (χ0n) is 22.2. The second-order valence-corrected chi connectivity index (χ2v) is 11.3. The van der Waals surface area contributed by atoms with Crippen LogP contribution in [0.1, 0.15) is 59.1 Å². The van der Waals surface area contributed by atoms with Crippen molar-refractivity contribution in [2.24, 2.45) is 10.7 Å². The first-order chi connectivity index (χ1) is 18.3. The monoisotopic (exact) mass is 621 g/mol. The topological polar surface area (TPSA) is 67.5 Å². The average Bonchev–Trinajstić information content (AvgIpc) is 3.22. The second-order valence-electron chi connectivity index (χ2n) is 8.84. The Kier molecular flexibility index (Phi) is 14.5. The number of thiophene rings is 1. The molecule has 1 aromatic carbocycles. The predicted molar refractivity (Wildman–Crippen MR) is 160 cm³/mol. The van der Waals surface area contributed by atoms with Crippen molar-refractivity contribution in [1.29, 1.82) is 0 Å². The lowest BCUT2D eigenvalue weighted by atomic mass is 9.76. The number of rotatable bonds is 7. The van der Waals surface area contributed by atoms with Gasteiger partial charge in [-0.15, -0.1) is 23.7 Å². The fourth-order valence-electron chi connectivity index (χ4n) is 4.09. The van der Waals surface area contributed by atoms with Crippen molar-refractivity contribution in [3.63, 3.8) is 0 Å². The maximum atomic E-state index is 14.3. The Bertz CT molecular complexity index is 1180. The number of benzene rings is 1. The van der Waals surface area contributed by atoms with E-state index in [9.17, 15) is 18.0 Å². The number of aryl methyl sites for hydroxylation is 1. The molecule has 1 amide bonds. The standard InChI is InChI=1S/C21H21Cl3F3NS.C5H7NO.C2H5N/c1-11-13-6-4-5-7-14(13)19(29-11)17(28-3)10-20(2,21(25,26)27)12-8-15(22)18(24)16(23)9-12;1-2-3-4-6-5-7;1-2-3/h8-9H,4-7,10H2,1-3H3;1,5H,3-4H2,(H,6,7);2H,1,3H2. The van der Waals surface area contributed by atoms with E-state index in [1.165, 1.54) is 35.7 Å². The molecule has 0 aliphatic heterocycles. The zero-order valence-corrected chi connectivity index (χ0v) is 25.2. The summed E-state index contributed by atoms with van der Waals surface area (Å²) in [6.07, 6.45) is 6.56. The van der Waals surface area contributed by atoms with Crippen molar-refractivity contribution in [3.8, 4) is 12.3 Å². The fraction of sp³-hybridized carbons (Fsp3) is 0.429. The predicted octanol–water partition coefficient (Wildman–Crippen LogP) is 8.07. The number of nitrogens with zero attached hydrogens (tertiary/aromatic N) is 1. The molecule has 0 fully saturated rings. The van der Waals surface area contributed by atoms with E-state index < -0.39 is 11.6 Å². The molecule has 2 aromatic rings. The summed E-state index contributed by atoms with van der Waals surface area (Å²) < 4.78 is 43.0. The summed E-state index contributed by atoms with van der Waals surface area (Å²) in [5.41, 5.74) is 5.29. The van der Waals surface area contributed by atoms with Gasteiger partial charge in [0.05, 0.1) is 31.1 Å². The van der Waals surface area contributed by atoms with Gasteiger partial charge in [-0.2, -0.15) is 13.2 Å². The van der Waals surface area contributed by atoms with Crippen molar-refractivity contribution < 1.29 is 18.0 Å². The SMILES string of the molecule is C#CCCNC=O.C=CN.CN=C(CC(C)(c1cc(Cl)c(Cl)c(Cl)c1)C(F)(F)F)c1sc(C)c2c1CCCC2. The summed E-state index contributed by atoms with van der Waals surface area (Å²) in [6.45, 7) is 6.92. The van der Waals surface area contributed by atoms with Gasteiger partial charge in [-0.25, -0.2) is 0 Å². The van der Waals surface area contributed by atoms with Gasteiger partial charge in [0, 0.05) is 31.3 Å². The minimum atomic E-state index is -4.53. The molecule has 0 bridgehead atoms. The van der Waals surface area contributed by atoms with E-state index in [1.54, 1.807) is 18.4 Å². The number of fused-ring (bicyclic) bond motifs is 1. The molecule has 0 saturated heterocycles. The molecule has 1 aliphatic carbocycles. The maximum Gasteiger partial charge on any atom is 0.398 e. The highest BCUT2D eigenvalue weighted by molar-refractivity contribution is 7.14. The van der Waals surface area contributed by atoms with Gasteiger partial charge in [0.15, 0.2) is 0 Å². The van der Waals surface area contributed by atoms with Crippen LogP contribution in [0.3, 0.4) is 0 Å². The number of aliphatic imine (C=N–C) groups is 1. The van der Waals surface area contributed by atoms with Crippen LogP contribution in [0.4, 0.5) is 13.2 Å². The van der Waals surface area contributed by atoms with Gasteiger partial charge in [0.2, 0.25) is 6.41 Å². The van der Waals surface area contributed by atoms with E-state index in [0.717, 1.165) is 36.1 Å². The molecule has 1 aliphatic rings. The molecular formula is C28H33Cl3F3N3OS. The third kappa shape index (κ3) is 9.18. The largest absolute Gasteiger partial charge is 0.405 e. The van der Waals surface area contributed by atoms with Crippen molar-refractivity contribution >= 4 is 58.3 Å². The Hall–Kier alpha value is -2.18. The quantitative estimate of drug-likeness (QED) is 0.108. The molecule has 3 rings (SSSR count). The molecule has 1 atom stereocenters. The van der Waals surface area contributed by atoms with Gasteiger partial charge >= 0.3 is 6.18 Å². The normalized spacial score (nSPS) is 14.3. The molecule has 1 aromatic heterocycles. The van der Waals surface area contributed by atoms with Crippen LogP contribution in [-0.4, -0.2) is 31.9 Å². The van der Waals surface area contributed by atoms with Crippen LogP contribution in [0.2, 0.25) is 15.1 Å². The molecule has 3 N–H and O–H groups in total. The molecule has 4 nitrogen and oxygen atoms in total. The molecule has 0 saturated carbocycles. The second kappa shape index (κ2) is 16.2. The van der Waals surface area contributed by atoms with Gasteiger partial charge in [-0.1, -0.05) is 41.4 Å². The minimum absolute atomic E-state index is 0.00368. The van der Waals surface area contributed by atoms with Gasteiger partial charge in [-0.05, 0) is 74.6 Å². The average molecular weight is 623 g/mol. The van der Waals surface area contributed by atoms with Crippen LogP contribution in [0.25, 0.3) is 0 Å². The summed E-state index contributed by atoms with van der Waals surface area (Å²) >= 11 is 19.6. The molecule has 1 heterocycles. The Morgan fingerprint density at radius 3 is 2.23 bits per heavy atom. The highest BCUT2D eigenvalue weighted by atomic mass is 35.5. The first-order valence-corrected chi connectivity index (χ1v) is 14.0. The van der Waals surface area contributed by atoms with Crippen molar-refractivity contribution in [1.82, 2.24) is 5.32 Å². The lowest BCUT2D eigenvalue weighted by Gasteiger charge is -2.33. The molecule has 1 unspecified atom stereocenters. The molecule has 11 heteroatoms. The molecular weight excluding hydrogens is 590 g/mol.